The van der Waals surface area contributed by atoms with Crippen molar-refractivity contribution in [1.29, 1.82) is 0 Å². The van der Waals surface area contributed by atoms with Crippen LogP contribution in [0.4, 0.5) is 0 Å². The van der Waals surface area contributed by atoms with E-state index in [0.717, 1.165) is 19.2 Å². The number of nitrogens with one attached hydrogen (secondary N) is 1. The maximum absolute atomic E-state index is 12.0. The Kier molecular flexibility index (Phi) is 4.43. The summed E-state index contributed by atoms with van der Waals surface area (Å²) in [6.45, 7) is 2.42. The smallest absolute Gasteiger partial charge is 0.251 e. The monoisotopic (exact) mass is 343 g/mol. The van der Waals surface area contributed by atoms with Crippen molar-refractivity contribution in [3.8, 4) is 0 Å². The Balaban J connectivity index is 2.06. The fourth-order valence-electron chi connectivity index (χ4n) is 1.56. The Morgan fingerprint density at radius 3 is 2.83 bits per heavy atom. The summed E-state index contributed by atoms with van der Waals surface area (Å²) < 4.78 is 1.67. The van der Waals surface area contributed by atoms with E-state index in [1.165, 1.54) is 11.3 Å². The number of benzene rings is 1. The summed E-state index contributed by atoms with van der Waals surface area (Å²) in [6.07, 6.45) is 0. The van der Waals surface area contributed by atoms with E-state index in [-0.39, 0.29) is 5.91 Å². The molecule has 1 heterocycles. The van der Waals surface area contributed by atoms with Gasteiger partial charge in [0.25, 0.3) is 5.91 Å². The van der Waals surface area contributed by atoms with Crippen LogP contribution in [0.2, 0.25) is 4.34 Å². The summed E-state index contributed by atoms with van der Waals surface area (Å²) in [6, 6.07) is 9.34. The summed E-state index contributed by atoms with van der Waals surface area (Å²) in [5.41, 5.74) is 1.63. The van der Waals surface area contributed by atoms with E-state index >= 15 is 0 Å². The van der Waals surface area contributed by atoms with E-state index in [1.54, 1.807) is 0 Å². The predicted molar refractivity (Wildman–Crippen MR) is 79.4 cm³/mol. The van der Waals surface area contributed by atoms with E-state index in [4.69, 9.17) is 11.6 Å². The fourth-order valence-corrected chi connectivity index (χ4v) is 2.96. The molecule has 1 aromatic heterocycles. The first-order chi connectivity index (χ1) is 8.58. The van der Waals surface area contributed by atoms with Crippen molar-refractivity contribution in [2.24, 2.45) is 0 Å². The second-order valence-electron chi connectivity index (χ2n) is 3.80. The summed E-state index contributed by atoms with van der Waals surface area (Å²) in [5.74, 6) is -0.0710. The van der Waals surface area contributed by atoms with Crippen LogP contribution in [-0.4, -0.2) is 5.91 Å². The number of carbonyl (C=O) groups excluding carboxylic acids is 1. The molecule has 18 heavy (non-hydrogen) atoms. The van der Waals surface area contributed by atoms with E-state index < -0.39 is 0 Å². The highest BCUT2D eigenvalue weighted by Gasteiger charge is 2.10. The Morgan fingerprint density at radius 1 is 1.39 bits per heavy atom. The molecule has 0 saturated heterocycles. The first kappa shape index (κ1) is 13.6. The van der Waals surface area contributed by atoms with Gasteiger partial charge in [0.1, 0.15) is 0 Å². The van der Waals surface area contributed by atoms with Crippen molar-refractivity contribution in [3.05, 3.63) is 55.1 Å². The lowest BCUT2D eigenvalue weighted by Crippen LogP contribution is -2.23. The first-order valence-electron chi connectivity index (χ1n) is 5.35. The van der Waals surface area contributed by atoms with Gasteiger partial charge in [0, 0.05) is 14.9 Å². The van der Waals surface area contributed by atoms with Crippen molar-refractivity contribution in [1.82, 2.24) is 5.32 Å². The van der Waals surface area contributed by atoms with Crippen LogP contribution in [0.3, 0.4) is 0 Å². The molecule has 5 heteroatoms. The number of rotatable bonds is 3. The first-order valence-corrected chi connectivity index (χ1v) is 7.34. The van der Waals surface area contributed by atoms with Crippen LogP contribution in [0.25, 0.3) is 0 Å². The molecule has 0 aliphatic carbocycles. The van der Waals surface area contributed by atoms with Crippen LogP contribution in [0.15, 0.2) is 34.8 Å². The van der Waals surface area contributed by atoms with Gasteiger partial charge >= 0.3 is 0 Å². The lowest BCUT2D eigenvalue weighted by atomic mass is 10.1. The molecular weight excluding hydrogens is 334 g/mol. The van der Waals surface area contributed by atoms with Gasteiger partial charge in [0.2, 0.25) is 0 Å². The second kappa shape index (κ2) is 5.87. The minimum atomic E-state index is -0.0710. The largest absolute Gasteiger partial charge is 0.347 e. The average Bonchev–Trinajstić information content (AvgIpc) is 2.76. The van der Waals surface area contributed by atoms with Gasteiger partial charge in [0.05, 0.1) is 10.9 Å². The zero-order valence-corrected chi connectivity index (χ0v) is 12.8. The molecule has 0 aliphatic heterocycles. The maximum atomic E-state index is 12.0. The average molecular weight is 345 g/mol. The van der Waals surface area contributed by atoms with Crippen molar-refractivity contribution < 1.29 is 4.79 Å². The highest BCUT2D eigenvalue weighted by Crippen LogP contribution is 2.22. The zero-order valence-electron chi connectivity index (χ0n) is 9.67. The molecular formula is C13H11BrClNOS. The van der Waals surface area contributed by atoms with Gasteiger partial charge in [0.15, 0.2) is 0 Å². The summed E-state index contributed by atoms with van der Waals surface area (Å²) in [5, 5.41) is 2.89. The Hall–Kier alpha value is -0.840. The number of thiophene rings is 1. The molecule has 94 valence electrons. The predicted octanol–water partition coefficient (Wildman–Crippen LogP) is 4.40. The van der Waals surface area contributed by atoms with Gasteiger partial charge in [-0.05, 0) is 36.8 Å². The minimum Gasteiger partial charge on any atom is -0.347 e. The van der Waals surface area contributed by atoms with Crippen molar-refractivity contribution in [2.45, 2.75) is 13.5 Å². The molecule has 0 atom stereocenters. The second-order valence-corrected chi connectivity index (χ2v) is 6.45. The van der Waals surface area contributed by atoms with Crippen LogP contribution in [-0.2, 0) is 6.54 Å². The summed E-state index contributed by atoms with van der Waals surface area (Å²) in [4.78, 5) is 13.1. The van der Waals surface area contributed by atoms with E-state index in [0.29, 0.717) is 12.1 Å². The zero-order chi connectivity index (χ0) is 13.1. The Morgan fingerprint density at radius 2 is 2.17 bits per heavy atom. The molecule has 1 amide bonds. The maximum Gasteiger partial charge on any atom is 0.251 e. The van der Waals surface area contributed by atoms with Crippen LogP contribution in [0.5, 0.6) is 0 Å². The molecule has 1 N–H and O–H groups in total. The van der Waals surface area contributed by atoms with Gasteiger partial charge in [-0.1, -0.05) is 33.6 Å². The molecule has 0 saturated carbocycles. The molecule has 0 spiro atoms. The van der Waals surface area contributed by atoms with Gasteiger partial charge in [-0.15, -0.1) is 11.3 Å². The van der Waals surface area contributed by atoms with E-state index in [9.17, 15) is 4.79 Å². The van der Waals surface area contributed by atoms with Crippen LogP contribution in [0.1, 0.15) is 20.8 Å². The minimum absolute atomic E-state index is 0.0710. The quantitative estimate of drug-likeness (QED) is 0.878. The molecule has 0 aliphatic rings. The van der Waals surface area contributed by atoms with Gasteiger partial charge in [-0.25, -0.2) is 0 Å². The molecule has 2 nitrogen and oxygen atoms in total. The van der Waals surface area contributed by atoms with Crippen LogP contribution < -0.4 is 5.32 Å². The Labute approximate surface area is 123 Å². The highest BCUT2D eigenvalue weighted by molar-refractivity contribution is 9.10. The molecule has 2 rings (SSSR count). The van der Waals surface area contributed by atoms with Crippen molar-refractivity contribution in [3.63, 3.8) is 0 Å². The molecule has 0 radical (unpaired) electrons. The normalized spacial score (nSPS) is 10.4. The van der Waals surface area contributed by atoms with E-state index in [1.807, 2.05) is 37.3 Å². The molecule has 1 aromatic carbocycles. The summed E-state index contributed by atoms with van der Waals surface area (Å²) >= 11 is 10.7. The standard InChI is InChI=1S/C13H11BrClNOS/c1-8-10(3-2-4-11(8)14)13(17)16-7-9-5-6-12(15)18-9/h2-6H,7H2,1H3,(H,16,17). The van der Waals surface area contributed by atoms with Crippen LogP contribution in [0, 0.1) is 6.92 Å². The lowest BCUT2D eigenvalue weighted by Gasteiger charge is -2.07. The number of hydrogen-bond acceptors (Lipinski definition) is 2. The van der Waals surface area contributed by atoms with Gasteiger partial charge in [-0.2, -0.15) is 0 Å². The SMILES string of the molecule is Cc1c(Br)cccc1C(=O)NCc1ccc(Cl)s1. The number of halogens is 2. The topological polar surface area (TPSA) is 29.1 Å². The fraction of sp³-hybridized carbons (Fsp3) is 0.154. The third-order valence-corrected chi connectivity index (χ3v) is 4.65. The van der Waals surface area contributed by atoms with E-state index in [2.05, 4.69) is 21.2 Å². The highest BCUT2D eigenvalue weighted by atomic mass is 79.9. The number of hydrogen-bond donors (Lipinski definition) is 1. The molecule has 0 unspecified atom stereocenters. The lowest BCUT2D eigenvalue weighted by molar-refractivity contribution is 0.0950. The van der Waals surface area contributed by atoms with Gasteiger partial charge < -0.3 is 5.32 Å². The van der Waals surface area contributed by atoms with Crippen molar-refractivity contribution in [2.75, 3.05) is 0 Å². The molecule has 0 bridgehead atoms. The van der Waals surface area contributed by atoms with Crippen LogP contribution >= 0.6 is 38.9 Å². The third-order valence-electron chi connectivity index (χ3n) is 2.56. The van der Waals surface area contributed by atoms with Gasteiger partial charge in [-0.3, -0.25) is 4.79 Å². The van der Waals surface area contributed by atoms with Crippen molar-refractivity contribution >= 4 is 44.8 Å². The number of carbonyl (C=O) groups is 1. The Bertz CT molecular complexity index is 582. The number of amides is 1. The third kappa shape index (κ3) is 3.13. The summed E-state index contributed by atoms with van der Waals surface area (Å²) in [7, 11) is 0. The molecule has 0 fully saturated rings. The molecule has 2 aromatic rings.